The van der Waals surface area contributed by atoms with Crippen LogP contribution in [0.4, 0.5) is 5.69 Å². The fraction of sp³-hybridized carbons (Fsp3) is 0.412. The Kier molecular flexibility index (Phi) is 4.77. The van der Waals surface area contributed by atoms with Crippen LogP contribution < -0.4 is 5.32 Å². The van der Waals surface area contributed by atoms with E-state index in [4.69, 9.17) is 0 Å². The summed E-state index contributed by atoms with van der Waals surface area (Å²) >= 11 is 0. The molecule has 1 aromatic rings. The number of nitrogens with one attached hydrogen (secondary N) is 1. The number of rotatable bonds is 1. The molecule has 0 bridgehead atoms. The van der Waals surface area contributed by atoms with Gasteiger partial charge in [-0.2, -0.15) is 0 Å². The normalized spacial score (nSPS) is 16.8. The minimum absolute atomic E-state index is 0.0818. The van der Waals surface area contributed by atoms with Crippen LogP contribution in [0.2, 0.25) is 0 Å². The van der Waals surface area contributed by atoms with Crippen molar-refractivity contribution in [3.8, 4) is 0 Å². The summed E-state index contributed by atoms with van der Waals surface area (Å²) in [6, 6.07) is 8.54. The van der Waals surface area contributed by atoms with E-state index in [1.165, 1.54) is 22.5 Å². The second kappa shape index (κ2) is 5.90. The van der Waals surface area contributed by atoms with E-state index < -0.39 is 0 Å². The molecule has 0 saturated carbocycles. The number of hydrogen-bond donors (Lipinski definition) is 1. The molecule has 1 N–H and O–H groups in total. The lowest BCUT2D eigenvalue weighted by Gasteiger charge is -2.35. The van der Waals surface area contributed by atoms with Crippen LogP contribution in [0.15, 0.2) is 47.7 Å². The molecule has 0 atom stereocenters. The minimum atomic E-state index is 0.0818. The Hall–Kier alpha value is -1.50. The van der Waals surface area contributed by atoms with Crippen molar-refractivity contribution in [2.45, 2.75) is 47.0 Å². The molecule has 1 aliphatic heterocycles. The fourth-order valence-electron chi connectivity index (χ4n) is 2.52. The standard InChI is InChI=1S/C15H19N.C2H6/c1-5-8-12-11(2)16-14-10-7-6-9-13(14)15(12,3)4;1-2/h5-10,16H,1-4H3;1-2H3/b8-5-;. The van der Waals surface area contributed by atoms with Crippen molar-refractivity contribution in [1.82, 2.24) is 0 Å². The highest BCUT2D eigenvalue weighted by atomic mass is 14.9. The highest BCUT2D eigenvalue weighted by Crippen LogP contribution is 2.42. The van der Waals surface area contributed by atoms with E-state index in [1.54, 1.807) is 0 Å². The first-order chi connectivity index (χ1) is 8.57. The summed E-state index contributed by atoms with van der Waals surface area (Å²) in [6.07, 6.45) is 4.31. The van der Waals surface area contributed by atoms with Crippen LogP contribution in [0.5, 0.6) is 0 Å². The second-order valence-electron chi connectivity index (χ2n) is 4.83. The molecule has 1 nitrogen and oxygen atoms in total. The van der Waals surface area contributed by atoms with Crippen molar-refractivity contribution in [3.05, 3.63) is 53.3 Å². The van der Waals surface area contributed by atoms with Gasteiger partial charge in [0.15, 0.2) is 0 Å². The van der Waals surface area contributed by atoms with Gasteiger partial charge in [0.05, 0.1) is 0 Å². The van der Waals surface area contributed by atoms with Gasteiger partial charge in [-0.25, -0.2) is 0 Å². The number of allylic oxidation sites excluding steroid dienone is 4. The Balaban J connectivity index is 0.000000771. The smallest absolute Gasteiger partial charge is 0.0423 e. The minimum Gasteiger partial charge on any atom is -0.359 e. The predicted octanol–water partition coefficient (Wildman–Crippen LogP) is 5.27. The molecule has 0 amide bonds. The third-order valence-corrected chi connectivity index (χ3v) is 3.33. The Morgan fingerprint density at radius 1 is 1.11 bits per heavy atom. The van der Waals surface area contributed by atoms with Crippen LogP contribution in [0, 0.1) is 0 Å². The van der Waals surface area contributed by atoms with E-state index >= 15 is 0 Å². The molecule has 1 aliphatic rings. The largest absolute Gasteiger partial charge is 0.359 e. The highest BCUT2D eigenvalue weighted by Gasteiger charge is 2.31. The molecule has 0 aliphatic carbocycles. The molecular formula is C17H25N. The Morgan fingerprint density at radius 2 is 1.72 bits per heavy atom. The summed E-state index contributed by atoms with van der Waals surface area (Å²) in [5.41, 5.74) is 5.31. The van der Waals surface area contributed by atoms with Gasteiger partial charge in [0, 0.05) is 16.8 Å². The first kappa shape index (κ1) is 14.6. The van der Waals surface area contributed by atoms with Gasteiger partial charge in [-0.3, -0.25) is 0 Å². The predicted molar refractivity (Wildman–Crippen MR) is 82.0 cm³/mol. The summed E-state index contributed by atoms with van der Waals surface area (Å²) in [6.45, 7) is 12.8. The molecule has 0 saturated heterocycles. The van der Waals surface area contributed by atoms with Gasteiger partial charge in [0.1, 0.15) is 0 Å². The lowest BCUT2D eigenvalue weighted by molar-refractivity contribution is 0.626. The molecule has 98 valence electrons. The van der Waals surface area contributed by atoms with Crippen LogP contribution in [0.1, 0.15) is 47.1 Å². The molecule has 1 heterocycles. The number of benzene rings is 1. The third kappa shape index (κ3) is 2.50. The molecule has 1 heteroatoms. The van der Waals surface area contributed by atoms with Gasteiger partial charge in [-0.15, -0.1) is 0 Å². The summed E-state index contributed by atoms with van der Waals surface area (Å²) in [4.78, 5) is 0. The molecular weight excluding hydrogens is 218 g/mol. The maximum absolute atomic E-state index is 3.48. The Labute approximate surface area is 112 Å². The maximum atomic E-state index is 3.48. The van der Waals surface area contributed by atoms with Crippen LogP contribution in [-0.4, -0.2) is 0 Å². The van der Waals surface area contributed by atoms with Gasteiger partial charge >= 0.3 is 0 Å². The summed E-state index contributed by atoms with van der Waals surface area (Å²) in [5, 5.41) is 3.48. The highest BCUT2D eigenvalue weighted by molar-refractivity contribution is 5.66. The second-order valence-corrected chi connectivity index (χ2v) is 4.83. The van der Waals surface area contributed by atoms with Gasteiger partial charge in [0.2, 0.25) is 0 Å². The lowest BCUT2D eigenvalue weighted by atomic mass is 9.74. The van der Waals surface area contributed by atoms with E-state index in [9.17, 15) is 0 Å². The molecule has 0 fully saturated rings. The van der Waals surface area contributed by atoms with Crippen molar-refractivity contribution >= 4 is 5.69 Å². The molecule has 18 heavy (non-hydrogen) atoms. The lowest BCUT2D eigenvalue weighted by Crippen LogP contribution is -2.27. The molecule has 0 aromatic heterocycles. The Morgan fingerprint density at radius 3 is 2.33 bits per heavy atom. The maximum Gasteiger partial charge on any atom is 0.0423 e. The Bertz CT molecular complexity index is 464. The average Bonchev–Trinajstić information content (AvgIpc) is 2.37. The van der Waals surface area contributed by atoms with Crippen LogP contribution in [-0.2, 0) is 5.41 Å². The molecule has 0 unspecified atom stereocenters. The number of hydrogen-bond acceptors (Lipinski definition) is 1. The first-order valence-electron chi connectivity index (χ1n) is 6.78. The summed E-state index contributed by atoms with van der Waals surface area (Å²) in [5.74, 6) is 0. The zero-order chi connectivity index (χ0) is 13.8. The van der Waals surface area contributed by atoms with Gasteiger partial charge in [-0.1, -0.05) is 58.0 Å². The SMILES string of the molecule is C/C=C\C1=C(C)Nc2ccccc2C1(C)C.CC. The third-order valence-electron chi connectivity index (χ3n) is 3.33. The van der Waals surface area contributed by atoms with E-state index in [0.717, 1.165) is 0 Å². The quantitative estimate of drug-likeness (QED) is 0.709. The van der Waals surface area contributed by atoms with Gasteiger partial charge in [0.25, 0.3) is 0 Å². The van der Waals surface area contributed by atoms with Gasteiger partial charge in [-0.05, 0) is 31.1 Å². The zero-order valence-electron chi connectivity index (χ0n) is 12.5. The fourth-order valence-corrected chi connectivity index (χ4v) is 2.52. The van der Waals surface area contributed by atoms with Crippen molar-refractivity contribution in [2.24, 2.45) is 0 Å². The van der Waals surface area contributed by atoms with Crippen molar-refractivity contribution in [3.63, 3.8) is 0 Å². The van der Waals surface area contributed by atoms with Crippen molar-refractivity contribution in [1.29, 1.82) is 0 Å². The zero-order valence-corrected chi connectivity index (χ0v) is 12.5. The van der Waals surface area contributed by atoms with Crippen LogP contribution in [0.25, 0.3) is 0 Å². The van der Waals surface area contributed by atoms with Crippen molar-refractivity contribution in [2.75, 3.05) is 5.32 Å². The van der Waals surface area contributed by atoms with E-state index in [1.807, 2.05) is 13.8 Å². The molecule has 0 spiro atoms. The average molecular weight is 243 g/mol. The van der Waals surface area contributed by atoms with E-state index in [-0.39, 0.29) is 5.41 Å². The van der Waals surface area contributed by atoms with Gasteiger partial charge < -0.3 is 5.32 Å². The van der Waals surface area contributed by atoms with E-state index in [2.05, 4.69) is 69.4 Å². The molecule has 2 rings (SSSR count). The summed E-state index contributed by atoms with van der Waals surface area (Å²) in [7, 11) is 0. The first-order valence-corrected chi connectivity index (χ1v) is 6.78. The molecule has 1 aromatic carbocycles. The summed E-state index contributed by atoms with van der Waals surface area (Å²) < 4.78 is 0. The topological polar surface area (TPSA) is 12.0 Å². The number of anilines is 1. The van der Waals surface area contributed by atoms with Crippen molar-refractivity contribution < 1.29 is 0 Å². The number of fused-ring (bicyclic) bond motifs is 1. The van der Waals surface area contributed by atoms with E-state index in [0.29, 0.717) is 0 Å². The molecule has 0 radical (unpaired) electrons. The van der Waals surface area contributed by atoms with Crippen LogP contribution >= 0.6 is 0 Å². The monoisotopic (exact) mass is 243 g/mol. The number of para-hydroxylation sites is 1. The van der Waals surface area contributed by atoms with Crippen LogP contribution in [0.3, 0.4) is 0 Å².